The summed E-state index contributed by atoms with van der Waals surface area (Å²) in [6, 6.07) is 8.93. The lowest BCUT2D eigenvalue weighted by Crippen LogP contribution is -2.29. The van der Waals surface area contributed by atoms with Crippen LogP contribution in [0.3, 0.4) is 0 Å². The third kappa shape index (κ3) is 4.82. The van der Waals surface area contributed by atoms with E-state index in [1.165, 1.54) is 18.4 Å². The number of anilines is 1. The van der Waals surface area contributed by atoms with Gasteiger partial charge in [0, 0.05) is 4.88 Å². The average Bonchev–Trinajstić information content (AvgIpc) is 2.96. The molecule has 0 spiro atoms. The lowest BCUT2D eigenvalue weighted by atomic mass is 10.1. The van der Waals surface area contributed by atoms with Crippen LogP contribution in [0.2, 0.25) is 0 Å². The number of methoxy groups -OCH3 is 1. The van der Waals surface area contributed by atoms with Crippen molar-refractivity contribution in [2.24, 2.45) is 0 Å². The Morgan fingerprint density at radius 2 is 2.00 bits per heavy atom. The van der Waals surface area contributed by atoms with Crippen LogP contribution in [-0.2, 0) is 16.0 Å². The average molecular weight is 361 g/mol. The zero-order valence-corrected chi connectivity index (χ0v) is 15.7. The van der Waals surface area contributed by atoms with Gasteiger partial charge < -0.3 is 14.8 Å². The summed E-state index contributed by atoms with van der Waals surface area (Å²) in [5.41, 5.74) is 1.70. The Kier molecular flexibility index (Phi) is 6.58. The summed E-state index contributed by atoms with van der Waals surface area (Å²) >= 11 is 1.40. The Balaban J connectivity index is 2.00. The molecule has 0 saturated heterocycles. The first-order chi connectivity index (χ1) is 12.0. The standard InChI is InChI=1S/C19H23NO4S/c1-5-8-14-11-17(25-13(14)3)19(22)24-12(2)18(21)20-15-9-6-7-10-16(15)23-4/h6-7,9-12H,5,8H2,1-4H3,(H,20,21)/t12-/m1/s1. The molecule has 0 radical (unpaired) electrons. The van der Waals surface area contributed by atoms with Gasteiger partial charge in [-0.3, -0.25) is 4.79 Å². The van der Waals surface area contributed by atoms with Gasteiger partial charge in [0.15, 0.2) is 6.10 Å². The number of nitrogens with one attached hydrogen (secondary N) is 1. The zero-order valence-electron chi connectivity index (χ0n) is 14.9. The van der Waals surface area contributed by atoms with E-state index >= 15 is 0 Å². The zero-order chi connectivity index (χ0) is 18.4. The van der Waals surface area contributed by atoms with Gasteiger partial charge in [0.05, 0.1) is 12.8 Å². The van der Waals surface area contributed by atoms with Crippen molar-refractivity contribution in [3.05, 3.63) is 45.6 Å². The molecule has 6 heteroatoms. The summed E-state index contributed by atoms with van der Waals surface area (Å²) in [4.78, 5) is 26.2. The number of aryl methyl sites for hydroxylation is 2. The second-order valence-electron chi connectivity index (χ2n) is 5.68. The SMILES string of the molecule is CCCc1cc(C(=O)O[C@H](C)C(=O)Nc2ccccc2OC)sc1C. The highest BCUT2D eigenvalue weighted by molar-refractivity contribution is 7.14. The van der Waals surface area contributed by atoms with Crippen molar-refractivity contribution in [3.8, 4) is 5.75 Å². The van der Waals surface area contributed by atoms with Crippen LogP contribution in [0.5, 0.6) is 5.75 Å². The minimum absolute atomic E-state index is 0.403. The van der Waals surface area contributed by atoms with E-state index in [-0.39, 0.29) is 0 Å². The number of thiophene rings is 1. The van der Waals surface area contributed by atoms with Gasteiger partial charge in [-0.05, 0) is 44.0 Å². The minimum Gasteiger partial charge on any atom is -0.495 e. The normalized spacial score (nSPS) is 11.7. The van der Waals surface area contributed by atoms with E-state index in [1.54, 1.807) is 25.1 Å². The van der Waals surface area contributed by atoms with Gasteiger partial charge in [-0.1, -0.05) is 25.5 Å². The summed E-state index contributed by atoms with van der Waals surface area (Å²) in [5, 5.41) is 2.72. The van der Waals surface area contributed by atoms with Crippen LogP contribution in [0.15, 0.2) is 30.3 Å². The van der Waals surface area contributed by atoms with Crippen LogP contribution < -0.4 is 10.1 Å². The molecule has 0 aliphatic heterocycles. The van der Waals surface area contributed by atoms with E-state index in [4.69, 9.17) is 9.47 Å². The first-order valence-electron chi connectivity index (χ1n) is 8.20. The lowest BCUT2D eigenvalue weighted by molar-refractivity contribution is -0.123. The van der Waals surface area contributed by atoms with Crippen molar-refractivity contribution >= 4 is 28.9 Å². The molecule has 1 aromatic carbocycles. The Bertz CT molecular complexity index is 754. The Hall–Kier alpha value is -2.34. The maximum absolute atomic E-state index is 12.3. The Morgan fingerprint density at radius 3 is 2.68 bits per heavy atom. The number of rotatable bonds is 7. The van der Waals surface area contributed by atoms with Crippen molar-refractivity contribution in [2.45, 2.75) is 39.7 Å². The number of hydrogen-bond donors (Lipinski definition) is 1. The molecule has 0 saturated carbocycles. The van der Waals surface area contributed by atoms with Crippen molar-refractivity contribution in [3.63, 3.8) is 0 Å². The number of para-hydroxylation sites is 2. The fraction of sp³-hybridized carbons (Fsp3) is 0.368. The maximum Gasteiger partial charge on any atom is 0.349 e. The van der Waals surface area contributed by atoms with Gasteiger partial charge in [0.1, 0.15) is 10.6 Å². The monoisotopic (exact) mass is 361 g/mol. The molecule has 0 aliphatic rings. The Labute approximate surface area is 152 Å². The molecule has 2 aromatic rings. The third-order valence-electron chi connectivity index (χ3n) is 3.76. The molecule has 5 nitrogen and oxygen atoms in total. The van der Waals surface area contributed by atoms with E-state index in [0.29, 0.717) is 16.3 Å². The number of carbonyl (C=O) groups excluding carboxylic acids is 2. The predicted octanol–water partition coefficient (Wildman–Crippen LogP) is 4.20. The topological polar surface area (TPSA) is 64.6 Å². The largest absolute Gasteiger partial charge is 0.495 e. The third-order valence-corrected chi connectivity index (χ3v) is 4.83. The van der Waals surface area contributed by atoms with Crippen LogP contribution >= 0.6 is 11.3 Å². The van der Waals surface area contributed by atoms with Gasteiger partial charge in [-0.15, -0.1) is 11.3 Å². The number of amides is 1. The fourth-order valence-electron chi connectivity index (χ4n) is 2.39. The van der Waals surface area contributed by atoms with Crippen LogP contribution in [0.1, 0.15) is 40.4 Å². The van der Waals surface area contributed by atoms with E-state index < -0.39 is 18.0 Å². The van der Waals surface area contributed by atoms with Crippen LogP contribution in [-0.4, -0.2) is 25.1 Å². The van der Waals surface area contributed by atoms with Crippen LogP contribution in [0, 0.1) is 6.92 Å². The predicted molar refractivity (Wildman–Crippen MR) is 99.6 cm³/mol. The molecule has 134 valence electrons. The molecule has 0 unspecified atom stereocenters. The van der Waals surface area contributed by atoms with Gasteiger partial charge >= 0.3 is 5.97 Å². The molecule has 1 aromatic heterocycles. The van der Waals surface area contributed by atoms with Crippen LogP contribution in [0.4, 0.5) is 5.69 Å². The lowest BCUT2D eigenvalue weighted by Gasteiger charge is -2.14. The highest BCUT2D eigenvalue weighted by Crippen LogP contribution is 2.25. The maximum atomic E-state index is 12.3. The molecule has 1 heterocycles. The quantitative estimate of drug-likeness (QED) is 0.751. The highest BCUT2D eigenvalue weighted by atomic mass is 32.1. The molecule has 0 aliphatic carbocycles. The molecule has 0 fully saturated rings. The van der Waals surface area contributed by atoms with Crippen molar-refractivity contribution < 1.29 is 19.1 Å². The van der Waals surface area contributed by atoms with E-state index in [2.05, 4.69) is 12.2 Å². The van der Waals surface area contributed by atoms with E-state index in [9.17, 15) is 9.59 Å². The summed E-state index contributed by atoms with van der Waals surface area (Å²) < 4.78 is 10.5. The molecule has 1 atom stereocenters. The van der Waals surface area contributed by atoms with Crippen molar-refractivity contribution in [1.29, 1.82) is 0 Å². The summed E-state index contributed by atoms with van der Waals surface area (Å²) in [6.45, 7) is 5.64. The summed E-state index contributed by atoms with van der Waals surface area (Å²) in [7, 11) is 1.53. The minimum atomic E-state index is -0.908. The van der Waals surface area contributed by atoms with Gasteiger partial charge in [-0.2, -0.15) is 0 Å². The van der Waals surface area contributed by atoms with E-state index in [1.807, 2.05) is 19.1 Å². The van der Waals surface area contributed by atoms with E-state index in [0.717, 1.165) is 23.3 Å². The van der Waals surface area contributed by atoms with Crippen LogP contribution in [0.25, 0.3) is 0 Å². The molecular formula is C19H23NO4S. The number of ether oxygens (including phenoxy) is 2. The summed E-state index contributed by atoms with van der Waals surface area (Å²) in [6.07, 6.45) is 1.04. The number of carbonyl (C=O) groups is 2. The second-order valence-corrected chi connectivity index (χ2v) is 6.94. The number of esters is 1. The Morgan fingerprint density at radius 1 is 1.28 bits per heavy atom. The first kappa shape index (κ1) is 19.0. The van der Waals surface area contributed by atoms with Gasteiger partial charge in [-0.25, -0.2) is 4.79 Å². The van der Waals surface area contributed by atoms with Crippen molar-refractivity contribution in [2.75, 3.05) is 12.4 Å². The number of benzene rings is 1. The summed E-state index contributed by atoms with van der Waals surface area (Å²) in [5.74, 6) is -0.328. The molecule has 0 bridgehead atoms. The fourth-order valence-corrected chi connectivity index (χ4v) is 3.35. The first-order valence-corrected chi connectivity index (χ1v) is 9.02. The molecule has 25 heavy (non-hydrogen) atoms. The highest BCUT2D eigenvalue weighted by Gasteiger charge is 2.21. The smallest absolute Gasteiger partial charge is 0.349 e. The van der Waals surface area contributed by atoms with Gasteiger partial charge in [0.2, 0.25) is 0 Å². The molecular weight excluding hydrogens is 338 g/mol. The molecule has 1 N–H and O–H groups in total. The van der Waals surface area contributed by atoms with Gasteiger partial charge in [0.25, 0.3) is 5.91 Å². The molecule has 2 rings (SSSR count). The molecule has 1 amide bonds. The van der Waals surface area contributed by atoms with Crippen molar-refractivity contribution in [1.82, 2.24) is 0 Å². The second kappa shape index (κ2) is 8.67. The number of hydrogen-bond acceptors (Lipinski definition) is 5.